The van der Waals surface area contributed by atoms with Crippen molar-refractivity contribution < 1.29 is 0 Å². The molecule has 0 spiro atoms. The van der Waals surface area contributed by atoms with Crippen LogP contribution in [-0.2, 0) is 12.8 Å². The van der Waals surface area contributed by atoms with Crippen LogP contribution in [0, 0.1) is 0 Å². The number of para-hydroxylation sites is 1. The van der Waals surface area contributed by atoms with Crippen molar-refractivity contribution in [1.29, 1.82) is 0 Å². The second-order valence-electron chi connectivity index (χ2n) is 5.83. The van der Waals surface area contributed by atoms with Gasteiger partial charge in [-0.3, -0.25) is 0 Å². The molecule has 6 N–H and O–H groups in total. The van der Waals surface area contributed by atoms with Gasteiger partial charge < -0.3 is 17.2 Å². The van der Waals surface area contributed by atoms with Crippen molar-refractivity contribution in [3.05, 3.63) is 89.0 Å². The Morgan fingerprint density at radius 3 is 1.30 bits per heavy atom. The molecule has 116 valence electrons. The molecule has 0 aliphatic heterocycles. The van der Waals surface area contributed by atoms with Crippen molar-refractivity contribution in [2.24, 2.45) is 0 Å². The summed E-state index contributed by atoms with van der Waals surface area (Å²) in [5.41, 5.74) is 25.0. The molecular formula is C20H21N3. The largest absolute Gasteiger partial charge is 0.399 e. The zero-order valence-corrected chi connectivity index (χ0v) is 13.0. The molecule has 0 aliphatic rings. The Labute approximate surface area is 136 Å². The van der Waals surface area contributed by atoms with E-state index in [0.717, 1.165) is 41.0 Å². The van der Waals surface area contributed by atoms with E-state index < -0.39 is 0 Å². The molecule has 0 heterocycles. The maximum absolute atomic E-state index is 6.39. The van der Waals surface area contributed by atoms with E-state index in [-0.39, 0.29) is 0 Å². The lowest BCUT2D eigenvalue weighted by atomic mass is 9.96. The van der Waals surface area contributed by atoms with Crippen LogP contribution >= 0.6 is 0 Å². The van der Waals surface area contributed by atoms with Gasteiger partial charge in [0.2, 0.25) is 0 Å². The summed E-state index contributed by atoms with van der Waals surface area (Å²) in [7, 11) is 0. The van der Waals surface area contributed by atoms with Crippen LogP contribution in [-0.4, -0.2) is 0 Å². The lowest BCUT2D eigenvalue weighted by Crippen LogP contribution is -2.02. The third-order valence-electron chi connectivity index (χ3n) is 4.04. The van der Waals surface area contributed by atoms with Gasteiger partial charge in [-0.25, -0.2) is 0 Å². The van der Waals surface area contributed by atoms with E-state index in [9.17, 15) is 0 Å². The minimum Gasteiger partial charge on any atom is -0.399 e. The van der Waals surface area contributed by atoms with Crippen LogP contribution in [0.5, 0.6) is 0 Å². The predicted molar refractivity (Wildman–Crippen MR) is 98.2 cm³/mol. The second-order valence-corrected chi connectivity index (χ2v) is 5.83. The number of anilines is 3. The van der Waals surface area contributed by atoms with Gasteiger partial charge in [0.15, 0.2) is 0 Å². The van der Waals surface area contributed by atoms with Crippen LogP contribution in [0.1, 0.15) is 22.3 Å². The quantitative estimate of drug-likeness (QED) is 0.644. The highest BCUT2D eigenvalue weighted by Crippen LogP contribution is 2.24. The van der Waals surface area contributed by atoms with E-state index in [4.69, 9.17) is 17.2 Å². The molecule has 0 radical (unpaired) electrons. The lowest BCUT2D eigenvalue weighted by Gasteiger charge is -2.12. The topological polar surface area (TPSA) is 78.1 Å². The zero-order chi connectivity index (χ0) is 16.2. The molecule has 0 unspecified atom stereocenters. The highest BCUT2D eigenvalue weighted by Gasteiger charge is 2.07. The minimum absolute atomic E-state index is 0.777. The lowest BCUT2D eigenvalue weighted by molar-refractivity contribution is 1.15. The SMILES string of the molecule is Nc1ccc(Cc2cccc(Cc3ccc(N)cc3)c2N)cc1. The molecule has 0 fully saturated rings. The summed E-state index contributed by atoms with van der Waals surface area (Å²) in [6, 6.07) is 22.1. The summed E-state index contributed by atoms with van der Waals surface area (Å²) >= 11 is 0. The van der Waals surface area contributed by atoms with E-state index in [1.54, 1.807) is 0 Å². The summed E-state index contributed by atoms with van der Waals surface area (Å²) in [6.45, 7) is 0. The molecule has 0 amide bonds. The van der Waals surface area contributed by atoms with Crippen LogP contribution < -0.4 is 17.2 Å². The van der Waals surface area contributed by atoms with Gasteiger partial charge in [-0.2, -0.15) is 0 Å². The summed E-state index contributed by atoms with van der Waals surface area (Å²) in [6.07, 6.45) is 1.61. The van der Waals surface area contributed by atoms with Gasteiger partial charge in [0.25, 0.3) is 0 Å². The van der Waals surface area contributed by atoms with Crippen LogP contribution in [0.3, 0.4) is 0 Å². The molecule has 0 aliphatic carbocycles. The van der Waals surface area contributed by atoms with Crippen LogP contribution in [0.15, 0.2) is 66.7 Å². The average Bonchev–Trinajstić information content (AvgIpc) is 2.55. The van der Waals surface area contributed by atoms with Crippen LogP contribution in [0.4, 0.5) is 17.1 Å². The smallest absolute Gasteiger partial charge is 0.0385 e. The first-order valence-electron chi connectivity index (χ1n) is 7.67. The number of nitrogens with two attached hydrogens (primary N) is 3. The van der Waals surface area contributed by atoms with Crippen molar-refractivity contribution in [1.82, 2.24) is 0 Å². The van der Waals surface area contributed by atoms with Gasteiger partial charge in [0, 0.05) is 17.1 Å². The van der Waals surface area contributed by atoms with Gasteiger partial charge in [-0.15, -0.1) is 0 Å². The van der Waals surface area contributed by atoms with Gasteiger partial charge in [-0.1, -0.05) is 42.5 Å². The van der Waals surface area contributed by atoms with E-state index in [1.807, 2.05) is 48.5 Å². The fourth-order valence-corrected chi connectivity index (χ4v) is 2.69. The Kier molecular flexibility index (Phi) is 4.20. The molecule has 23 heavy (non-hydrogen) atoms. The molecule has 0 saturated heterocycles. The molecule has 3 heteroatoms. The van der Waals surface area contributed by atoms with E-state index in [2.05, 4.69) is 18.2 Å². The standard InChI is InChI=1S/C20H21N3/c21-18-8-4-14(5-9-18)12-16-2-1-3-17(20(16)23)13-15-6-10-19(22)11-7-15/h1-11H,12-13,21-23H2. The highest BCUT2D eigenvalue weighted by atomic mass is 14.6. The number of nitrogen functional groups attached to an aromatic ring is 3. The van der Waals surface area contributed by atoms with Crippen molar-refractivity contribution in [2.45, 2.75) is 12.8 Å². The van der Waals surface area contributed by atoms with Gasteiger partial charge in [-0.05, 0) is 59.4 Å². The van der Waals surface area contributed by atoms with Crippen LogP contribution in [0.2, 0.25) is 0 Å². The minimum atomic E-state index is 0.777. The van der Waals surface area contributed by atoms with Gasteiger partial charge in [0.05, 0.1) is 0 Å². The van der Waals surface area contributed by atoms with E-state index in [1.165, 1.54) is 11.1 Å². The summed E-state index contributed by atoms with van der Waals surface area (Å²) < 4.78 is 0. The molecule has 3 aromatic carbocycles. The zero-order valence-electron chi connectivity index (χ0n) is 13.0. The molecule has 0 aromatic heterocycles. The number of hydrogen-bond acceptors (Lipinski definition) is 3. The number of hydrogen-bond donors (Lipinski definition) is 3. The fourth-order valence-electron chi connectivity index (χ4n) is 2.69. The van der Waals surface area contributed by atoms with Gasteiger partial charge in [0.1, 0.15) is 0 Å². The number of rotatable bonds is 4. The Balaban J connectivity index is 1.83. The molecule has 3 aromatic rings. The summed E-state index contributed by atoms with van der Waals surface area (Å²) in [4.78, 5) is 0. The molecular weight excluding hydrogens is 282 g/mol. The first kappa shape index (κ1) is 15.0. The fraction of sp³-hybridized carbons (Fsp3) is 0.100. The molecule has 0 bridgehead atoms. The molecule has 0 atom stereocenters. The third kappa shape index (κ3) is 3.64. The van der Waals surface area contributed by atoms with Gasteiger partial charge >= 0.3 is 0 Å². The van der Waals surface area contributed by atoms with Crippen molar-refractivity contribution >= 4 is 17.1 Å². The maximum atomic E-state index is 6.39. The average molecular weight is 303 g/mol. The maximum Gasteiger partial charge on any atom is 0.0385 e. The highest BCUT2D eigenvalue weighted by molar-refractivity contribution is 5.57. The third-order valence-corrected chi connectivity index (χ3v) is 4.04. The van der Waals surface area contributed by atoms with E-state index >= 15 is 0 Å². The van der Waals surface area contributed by atoms with Crippen molar-refractivity contribution in [3.63, 3.8) is 0 Å². The molecule has 3 rings (SSSR count). The second kappa shape index (κ2) is 6.44. The molecule has 0 saturated carbocycles. The Morgan fingerprint density at radius 2 is 0.913 bits per heavy atom. The Hall–Kier alpha value is -2.94. The number of benzene rings is 3. The van der Waals surface area contributed by atoms with Crippen LogP contribution in [0.25, 0.3) is 0 Å². The summed E-state index contributed by atoms with van der Waals surface area (Å²) in [5.74, 6) is 0. The first-order chi connectivity index (χ1) is 11.1. The van der Waals surface area contributed by atoms with Crippen molar-refractivity contribution in [2.75, 3.05) is 17.2 Å². The summed E-state index contributed by atoms with van der Waals surface area (Å²) in [5, 5.41) is 0. The normalized spacial score (nSPS) is 10.6. The van der Waals surface area contributed by atoms with E-state index in [0.29, 0.717) is 0 Å². The predicted octanol–water partition coefficient (Wildman–Crippen LogP) is 3.61. The first-order valence-corrected chi connectivity index (χ1v) is 7.67. The van der Waals surface area contributed by atoms with Crippen molar-refractivity contribution in [3.8, 4) is 0 Å². The molecule has 3 nitrogen and oxygen atoms in total. The Morgan fingerprint density at radius 1 is 0.522 bits per heavy atom. The monoisotopic (exact) mass is 303 g/mol. The Bertz CT molecular complexity index is 724.